The third-order valence-electron chi connectivity index (χ3n) is 9.29. The van der Waals surface area contributed by atoms with Crippen LogP contribution >= 0.6 is 0 Å². The molecule has 5 rings (SSSR count). The standard InChI is InChI=1S/C32H46F2N6O6/c1-18(2)28(41)37-27-22-9-8-21(40(22)36-17-35-27)24-26(46-30(43)20(5)6)25(45-29(42)19(3)4)23(44-24)14-39-16-32(33,34)15-31(39)10-12-38(7)13-11-31/h8-9,17-20,23-26H,10-16H2,1-7H3,(H,35,36,37,41)/t23-,24+,25-,26+/m1/s1. The van der Waals surface area contributed by atoms with E-state index in [0.717, 1.165) is 0 Å². The first kappa shape index (κ1) is 34.1. The highest BCUT2D eigenvalue weighted by atomic mass is 19.3. The van der Waals surface area contributed by atoms with Gasteiger partial charge in [-0.05, 0) is 45.1 Å². The number of esters is 2. The molecule has 12 nitrogen and oxygen atoms in total. The second-order valence-corrected chi connectivity index (χ2v) is 14.0. The lowest BCUT2D eigenvalue weighted by Crippen LogP contribution is -2.54. The van der Waals surface area contributed by atoms with Gasteiger partial charge in [-0.2, -0.15) is 5.10 Å². The predicted molar refractivity (Wildman–Crippen MR) is 164 cm³/mol. The van der Waals surface area contributed by atoms with Crippen molar-refractivity contribution < 1.29 is 37.4 Å². The van der Waals surface area contributed by atoms with Crippen LogP contribution in [0, 0.1) is 17.8 Å². The van der Waals surface area contributed by atoms with Crippen molar-refractivity contribution in [2.24, 2.45) is 17.8 Å². The van der Waals surface area contributed by atoms with E-state index in [1.54, 1.807) is 58.6 Å². The third-order valence-corrected chi connectivity index (χ3v) is 9.29. The lowest BCUT2D eigenvalue weighted by atomic mass is 9.84. The highest BCUT2D eigenvalue weighted by Crippen LogP contribution is 2.47. The van der Waals surface area contributed by atoms with Gasteiger partial charge < -0.3 is 24.4 Å². The normalized spacial score (nSPS) is 26.4. The van der Waals surface area contributed by atoms with Crippen LogP contribution in [0.5, 0.6) is 0 Å². The van der Waals surface area contributed by atoms with Crippen LogP contribution in [0.3, 0.4) is 0 Å². The van der Waals surface area contributed by atoms with Gasteiger partial charge in [0.15, 0.2) is 18.0 Å². The molecule has 3 aliphatic rings. The smallest absolute Gasteiger partial charge is 0.308 e. The fraction of sp³-hybridized carbons (Fsp3) is 0.719. The first-order valence-corrected chi connectivity index (χ1v) is 16.1. The number of halogens is 2. The molecule has 0 aliphatic carbocycles. The van der Waals surface area contributed by atoms with Gasteiger partial charge in [-0.15, -0.1) is 0 Å². The topological polar surface area (TPSA) is 128 Å². The first-order chi connectivity index (χ1) is 21.6. The van der Waals surface area contributed by atoms with E-state index in [9.17, 15) is 14.4 Å². The van der Waals surface area contributed by atoms with Gasteiger partial charge in [0.25, 0.3) is 5.92 Å². The SMILES string of the molecule is CC(C)C(=O)Nc1ncnn2c([C@@H]3O[C@H](CN4CC(F)(F)CC45CCN(C)CC5)[C@@H](OC(=O)C(C)C)[C@H]3OC(=O)C(C)C)ccc12. The molecule has 0 saturated carbocycles. The Morgan fingerprint density at radius 2 is 1.63 bits per heavy atom. The van der Waals surface area contributed by atoms with E-state index in [4.69, 9.17) is 14.2 Å². The van der Waals surface area contributed by atoms with Gasteiger partial charge in [0.1, 0.15) is 24.1 Å². The lowest BCUT2D eigenvalue weighted by Gasteiger charge is -2.44. The molecule has 0 aromatic carbocycles. The fourth-order valence-corrected chi connectivity index (χ4v) is 6.55. The van der Waals surface area contributed by atoms with Crippen molar-refractivity contribution in [3.63, 3.8) is 0 Å². The van der Waals surface area contributed by atoms with E-state index in [1.165, 1.54) is 10.8 Å². The first-order valence-electron chi connectivity index (χ1n) is 16.1. The van der Waals surface area contributed by atoms with Gasteiger partial charge in [-0.25, -0.2) is 18.3 Å². The number of hydrogen-bond donors (Lipinski definition) is 1. The summed E-state index contributed by atoms with van der Waals surface area (Å²) in [5.74, 6) is -5.14. The number of nitrogens with zero attached hydrogens (tertiary/aromatic N) is 5. The third kappa shape index (κ3) is 6.89. The Bertz CT molecular complexity index is 1440. The van der Waals surface area contributed by atoms with Gasteiger partial charge in [0.05, 0.1) is 24.1 Å². The van der Waals surface area contributed by atoms with Crippen molar-refractivity contribution in [3.05, 3.63) is 24.2 Å². The minimum absolute atomic E-state index is 0.0512. The maximum Gasteiger partial charge on any atom is 0.308 e. The Morgan fingerprint density at radius 1 is 1.00 bits per heavy atom. The molecule has 2 aromatic heterocycles. The van der Waals surface area contributed by atoms with Crippen molar-refractivity contribution in [3.8, 4) is 0 Å². The van der Waals surface area contributed by atoms with Crippen LogP contribution in [0.15, 0.2) is 18.5 Å². The maximum atomic E-state index is 15.1. The molecule has 0 radical (unpaired) electrons. The van der Waals surface area contributed by atoms with Crippen LogP contribution in [0.25, 0.3) is 5.52 Å². The van der Waals surface area contributed by atoms with E-state index in [1.807, 2.05) is 7.05 Å². The Hall–Kier alpha value is -3.23. The van der Waals surface area contributed by atoms with Crippen molar-refractivity contribution in [1.29, 1.82) is 0 Å². The van der Waals surface area contributed by atoms with Gasteiger partial charge in [0.2, 0.25) is 5.91 Å². The van der Waals surface area contributed by atoms with Gasteiger partial charge in [-0.1, -0.05) is 41.5 Å². The number of amides is 1. The molecule has 0 unspecified atom stereocenters. The molecular weight excluding hydrogens is 602 g/mol. The Kier molecular flexibility index (Phi) is 9.72. The van der Waals surface area contributed by atoms with Crippen molar-refractivity contribution >= 4 is 29.2 Å². The van der Waals surface area contributed by atoms with Crippen LogP contribution in [0.4, 0.5) is 14.6 Å². The lowest BCUT2D eigenvalue weighted by molar-refractivity contribution is -0.171. The molecule has 3 saturated heterocycles. The van der Waals surface area contributed by atoms with Crippen LogP contribution in [0.2, 0.25) is 0 Å². The van der Waals surface area contributed by atoms with Crippen molar-refractivity contribution in [2.45, 2.75) is 96.7 Å². The van der Waals surface area contributed by atoms with E-state index >= 15 is 8.78 Å². The molecule has 3 aliphatic heterocycles. The van der Waals surface area contributed by atoms with E-state index < -0.39 is 66.2 Å². The number of anilines is 1. The second-order valence-electron chi connectivity index (χ2n) is 14.0. The zero-order valence-electron chi connectivity index (χ0n) is 27.7. The largest absolute Gasteiger partial charge is 0.455 e. The minimum atomic E-state index is -2.88. The number of carbonyl (C=O) groups excluding carboxylic acids is 3. The second kappa shape index (κ2) is 13.1. The average Bonchev–Trinajstić information content (AvgIpc) is 3.62. The summed E-state index contributed by atoms with van der Waals surface area (Å²) in [4.78, 5) is 46.8. The molecule has 3 fully saturated rings. The molecule has 254 valence electrons. The van der Waals surface area contributed by atoms with Gasteiger partial charge in [-0.3, -0.25) is 19.3 Å². The quantitative estimate of drug-likeness (QED) is 0.402. The molecule has 1 N–H and O–H groups in total. The van der Waals surface area contributed by atoms with E-state index in [0.29, 0.717) is 37.1 Å². The number of carbonyl (C=O) groups is 3. The summed E-state index contributed by atoms with van der Waals surface area (Å²) in [6.07, 6.45) is -1.85. The zero-order valence-corrected chi connectivity index (χ0v) is 27.7. The molecule has 1 spiro atoms. The number of aromatic nitrogens is 3. The number of hydrogen-bond acceptors (Lipinski definition) is 10. The van der Waals surface area contributed by atoms with Crippen molar-refractivity contribution in [2.75, 3.05) is 38.5 Å². The summed E-state index contributed by atoms with van der Waals surface area (Å²) >= 11 is 0. The van der Waals surface area contributed by atoms with Crippen LogP contribution < -0.4 is 5.32 Å². The van der Waals surface area contributed by atoms with Crippen LogP contribution in [-0.4, -0.2) is 105 Å². The zero-order chi connectivity index (χ0) is 33.6. The molecule has 1 amide bonds. The summed E-state index contributed by atoms with van der Waals surface area (Å²) in [7, 11) is 1.98. The Morgan fingerprint density at radius 3 is 2.24 bits per heavy atom. The van der Waals surface area contributed by atoms with E-state index in [2.05, 4.69) is 20.3 Å². The maximum absolute atomic E-state index is 15.1. The average molecular weight is 649 g/mol. The molecule has 46 heavy (non-hydrogen) atoms. The number of ether oxygens (including phenoxy) is 3. The molecule has 0 bridgehead atoms. The number of fused-ring (bicyclic) bond motifs is 1. The number of alkyl halides is 2. The van der Waals surface area contributed by atoms with Crippen molar-refractivity contribution in [1.82, 2.24) is 24.4 Å². The van der Waals surface area contributed by atoms with Crippen LogP contribution in [0.1, 0.15) is 72.6 Å². The summed E-state index contributed by atoms with van der Waals surface area (Å²) in [5, 5.41) is 7.20. The Labute approximate surface area is 268 Å². The number of rotatable bonds is 9. The van der Waals surface area contributed by atoms with Gasteiger partial charge >= 0.3 is 11.9 Å². The Balaban J connectivity index is 1.54. The molecule has 5 heterocycles. The predicted octanol–water partition coefficient (Wildman–Crippen LogP) is 3.70. The van der Waals surface area contributed by atoms with Gasteiger partial charge in [0, 0.05) is 24.4 Å². The molecule has 4 atom stereocenters. The number of piperidine rings is 1. The van der Waals surface area contributed by atoms with E-state index in [-0.39, 0.29) is 30.6 Å². The molecule has 14 heteroatoms. The highest BCUT2D eigenvalue weighted by molar-refractivity contribution is 5.94. The summed E-state index contributed by atoms with van der Waals surface area (Å²) in [5.41, 5.74) is 0.215. The minimum Gasteiger partial charge on any atom is -0.455 e. The summed E-state index contributed by atoms with van der Waals surface area (Å²) in [6, 6.07) is 3.44. The molecular formula is C32H46F2N6O6. The molecule has 2 aromatic rings. The monoisotopic (exact) mass is 648 g/mol. The fourth-order valence-electron chi connectivity index (χ4n) is 6.55. The number of nitrogens with one attached hydrogen (secondary N) is 1. The number of likely N-dealkylation sites (tertiary alicyclic amines) is 2. The summed E-state index contributed by atoms with van der Waals surface area (Å²) < 4.78 is 50.4. The van der Waals surface area contributed by atoms with Crippen LogP contribution in [-0.2, 0) is 28.6 Å². The summed E-state index contributed by atoms with van der Waals surface area (Å²) in [6.45, 7) is 11.3. The highest BCUT2D eigenvalue weighted by Gasteiger charge is 2.58.